The molecule has 0 aromatic carbocycles. The lowest BCUT2D eigenvalue weighted by Gasteiger charge is -2.32. The molecule has 6 nitrogen and oxygen atoms in total. The molecule has 0 bridgehead atoms. The maximum absolute atomic E-state index is 12.2. The summed E-state index contributed by atoms with van der Waals surface area (Å²) >= 11 is 1.21. The van der Waals surface area contributed by atoms with Gasteiger partial charge < -0.3 is 10.2 Å². The predicted molar refractivity (Wildman–Crippen MR) is 87.5 cm³/mol. The molecule has 1 saturated heterocycles. The van der Waals surface area contributed by atoms with Gasteiger partial charge in [0.05, 0.1) is 0 Å². The van der Waals surface area contributed by atoms with Crippen molar-refractivity contribution in [1.82, 2.24) is 14.9 Å². The summed E-state index contributed by atoms with van der Waals surface area (Å²) in [4.78, 5) is 13.7. The average molecular weight is 345 g/mol. The lowest BCUT2D eigenvalue weighted by atomic mass is 10.1. The van der Waals surface area contributed by atoms with Gasteiger partial charge >= 0.3 is 6.03 Å². The van der Waals surface area contributed by atoms with Gasteiger partial charge in [0.25, 0.3) is 0 Å². The molecule has 0 radical (unpaired) electrons. The van der Waals surface area contributed by atoms with Crippen molar-refractivity contribution in [1.29, 1.82) is 0 Å². The van der Waals surface area contributed by atoms with Crippen LogP contribution in [0, 0.1) is 5.92 Å². The number of carbonyl (C=O) groups excluding carboxylic acids is 1. The van der Waals surface area contributed by atoms with Gasteiger partial charge in [-0.3, -0.25) is 0 Å². The Morgan fingerprint density at radius 1 is 1.41 bits per heavy atom. The first-order valence-electron chi connectivity index (χ1n) is 7.47. The van der Waals surface area contributed by atoms with E-state index >= 15 is 0 Å². The van der Waals surface area contributed by atoms with Crippen molar-refractivity contribution in [2.45, 2.75) is 36.9 Å². The molecule has 1 aliphatic heterocycles. The standard InChI is InChI=1S/C14H23N3O3S2/c1-11(2)10-15-14(18)17-7-5-12(6-8-17)16-22(19,20)13-4-3-9-21-13/h3-4,9,11-12,16H,5-8,10H2,1-2H3,(H,15,18). The molecule has 0 spiro atoms. The largest absolute Gasteiger partial charge is 0.338 e. The Bertz CT molecular complexity index is 576. The molecule has 2 N–H and O–H groups in total. The topological polar surface area (TPSA) is 78.5 Å². The maximum Gasteiger partial charge on any atom is 0.317 e. The number of nitrogens with zero attached hydrogens (tertiary/aromatic N) is 1. The van der Waals surface area contributed by atoms with E-state index in [1.54, 1.807) is 22.4 Å². The molecule has 0 atom stereocenters. The molecule has 0 unspecified atom stereocenters. The molecule has 2 amide bonds. The molecule has 22 heavy (non-hydrogen) atoms. The Morgan fingerprint density at radius 3 is 2.64 bits per heavy atom. The van der Waals surface area contributed by atoms with Crippen LogP contribution in [-0.2, 0) is 10.0 Å². The summed E-state index contributed by atoms with van der Waals surface area (Å²) in [7, 11) is -3.43. The van der Waals surface area contributed by atoms with Gasteiger partial charge in [0, 0.05) is 25.7 Å². The van der Waals surface area contributed by atoms with E-state index in [-0.39, 0.29) is 12.1 Å². The normalized spacial score (nSPS) is 17.0. The van der Waals surface area contributed by atoms with Crippen LogP contribution in [0.4, 0.5) is 4.79 Å². The molecular weight excluding hydrogens is 322 g/mol. The first kappa shape index (κ1) is 17.2. The Hall–Kier alpha value is -1.12. The van der Waals surface area contributed by atoms with Gasteiger partial charge in [-0.15, -0.1) is 11.3 Å². The van der Waals surface area contributed by atoms with E-state index in [4.69, 9.17) is 0 Å². The van der Waals surface area contributed by atoms with Gasteiger partial charge in [0.1, 0.15) is 4.21 Å². The van der Waals surface area contributed by atoms with E-state index in [1.165, 1.54) is 11.3 Å². The zero-order valence-corrected chi connectivity index (χ0v) is 14.5. The minimum Gasteiger partial charge on any atom is -0.338 e. The van der Waals surface area contributed by atoms with Crippen molar-refractivity contribution in [3.05, 3.63) is 17.5 Å². The van der Waals surface area contributed by atoms with Crippen LogP contribution in [0.2, 0.25) is 0 Å². The average Bonchev–Trinajstić information content (AvgIpc) is 3.00. The zero-order valence-electron chi connectivity index (χ0n) is 12.9. The van der Waals surface area contributed by atoms with Crippen molar-refractivity contribution < 1.29 is 13.2 Å². The van der Waals surface area contributed by atoms with E-state index in [0.717, 1.165) is 0 Å². The van der Waals surface area contributed by atoms with Crippen LogP contribution in [0.3, 0.4) is 0 Å². The lowest BCUT2D eigenvalue weighted by Crippen LogP contribution is -2.49. The van der Waals surface area contributed by atoms with Gasteiger partial charge in [0.2, 0.25) is 10.0 Å². The van der Waals surface area contributed by atoms with Crippen molar-refractivity contribution in [2.75, 3.05) is 19.6 Å². The van der Waals surface area contributed by atoms with Crippen molar-refractivity contribution >= 4 is 27.4 Å². The van der Waals surface area contributed by atoms with Gasteiger partial charge in [-0.05, 0) is 30.2 Å². The summed E-state index contributed by atoms with van der Waals surface area (Å²) in [5, 5.41) is 4.63. The molecule has 0 saturated carbocycles. The highest BCUT2D eigenvalue weighted by Gasteiger charge is 2.26. The molecule has 2 heterocycles. The number of amides is 2. The summed E-state index contributed by atoms with van der Waals surface area (Å²) in [6.07, 6.45) is 1.28. The van der Waals surface area contributed by atoms with E-state index in [1.807, 2.05) is 13.8 Å². The molecular formula is C14H23N3O3S2. The van der Waals surface area contributed by atoms with Crippen LogP contribution in [0.5, 0.6) is 0 Å². The second-order valence-electron chi connectivity index (χ2n) is 5.89. The maximum atomic E-state index is 12.2. The first-order chi connectivity index (χ1) is 10.4. The van der Waals surface area contributed by atoms with Crippen molar-refractivity contribution in [2.24, 2.45) is 5.92 Å². The number of sulfonamides is 1. The van der Waals surface area contributed by atoms with E-state index in [2.05, 4.69) is 10.0 Å². The fraction of sp³-hybridized carbons (Fsp3) is 0.643. The Morgan fingerprint density at radius 2 is 2.09 bits per heavy atom. The minimum absolute atomic E-state index is 0.0618. The highest BCUT2D eigenvalue weighted by molar-refractivity contribution is 7.91. The molecule has 1 aliphatic rings. The Kier molecular flexibility index (Phi) is 5.82. The summed E-state index contributed by atoms with van der Waals surface area (Å²) in [5.41, 5.74) is 0. The van der Waals surface area contributed by atoms with Gasteiger partial charge in [0.15, 0.2) is 0 Å². The lowest BCUT2D eigenvalue weighted by molar-refractivity contribution is 0.179. The van der Waals surface area contributed by atoms with Crippen LogP contribution in [0.1, 0.15) is 26.7 Å². The number of thiophene rings is 1. The van der Waals surface area contributed by atoms with Gasteiger partial charge in [-0.2, -0.15) is 0 Å². The number of carbonyl (C=O) groups is 1. The highest BCUT2D eigenvalue weighted by atomic mass is 32.2. The molecule has 8 heteroatoms. The number of urea groups is 1. The molecule has 1 aromatic heterocycles. The first-order valence-corrected chi connectivity index (χ1v) is 9.83. The van der Waals surface area contributed by atoms with Crippen LogP contribution < -0.4 is 10.0 Å². The number of likely N-dealkylation sites (tertiary alicyclic amines) is 1. The number of piperidine rings is 1. The summed E-state index contributed by atoms with van der Waals surface area (Å²) in [5.74, 6) is 0.416. The number of hydrogen-bond acceptors (Lipinski definition) is 4. The monoisotopic (exact) mass is 345 g/mol. The summed E-state index contributed by atoms with van der Waals surface area (Å²) in [6, 6.07) is 3.15. The summed E-state index contributed by atoms with van der Waals surface area (Å²) < 4.78 is 27.4. The Balaban J connectivity index is 1.81. The second kappa shape index (κ2) is 7.43. The van der Waals surface area contributed by atoms with Crippen LogP contribution in [-0.4, -0.2) is 45.0 Å². The number of hydrogen-bond donors (Lipinski definition) is 2. The second-order valence-corrected chi connectivity index (χ2v) is 8.78. The Labute approximate surface area is 135 Å². The fourth-order valence-electron chi connectivity index (χ4n) is 2.30. The smallest absolute Gasteiger partial charge is 0.317 e. The quantitative estimate of drug-likeness (QED) is 0.855. The molecule has 1 aromatic rings. The third kappa shape index (κ3) is 4.69. The minimum atomic E-state index is -3.43. The van der Waals surface area contributed by atoms with Crippen LogP contribution in [0.25, 0.3) is 0 Å². The number of rotatable bonds is 5. The third-order valence-electron chi connectivity index (χ3n) is 3.53. The van der Waals surface area contributed by atoms with E-state index < -0.39 is 10.0 Å². The molecule has 124 valence electrons. The molecule has 2 rings (SSSR count). The van der Waals surface area contributed by atoms with Crippen LogP contribution >= 0.6 is 11.3 Å². The van der Waals surface area contributed by atoms with E-state index in [0.29, 0.717) is 42.6 Å². The SMILES string of the molecule is CC(C)CNC(=O)N1CCC(NS(=O)(=O)c2cccs2)CC1. The fourth-order valence-corrected chi connectivity index (χ4v) is 4.61. The van der Waals surface area contributed by atoms with Crippen molar-refractivity contribution in [3.8, 4) is 0 Å². The zero-order chi connectivity index (χ0) is 16.2. The molecule has 1 fully saturated rings. The van der Waals surface area contributed by atoms with Crippen LogP contribution in [0.15, 0.2) is 21.7 Å². The predicted octanol–water partition coefficient (Wildman–Crippen LogP) is 1.86. The van der Waals surface area contributed by atoms with Gasteiger partial charge in [-0.1, -0.05) is 19.9 Å². The highest BCUT2D eigenvalue weighted by Crippen LogP contribution is 2.18. The van der Waals surface area contributed by atoms with E-state index in [9.17, 15) is 13.2 Å². The van der Waals surface area contributed by atoms with Gasteiger partial charge in [-0.25, -0.2) is 17.9 Å². The third-order valence-corrected chi connectivity index (χ3v) is 6.44. The summed E-state index contributed by atoms with van der Waals surface area (Å²) in [6.45, 7) is 5.89. The van der Waals surface area contributed by atoms with Crippen molar-refractivity contribution in [3.63, 3.8) is 0 Å². The number of nitrogens with one attached hydrogen (secondary N) is 2. The molecule has 0 aliphatic carbocycles.